The van der Waals surface area contributed by atoms with Crippen LogP contribution in [0, 0.1) is 22.7 Å². The van der Waals surface area contributed by atoms with Crippen molar-refractivity contribution in [2.45, 2.75) is 58.6 Å². The van der Waals surface area contributed by atoms with Gasteiger partial charge in [0, 0.05) is 18.7 Å². The van der Waals surface area contributed by atoms with Crippen molar-refractivity contribution in [3.63, 3.8) is 0 Å². The Morgan fingerprint density at radius 2 is 1.92 bits per heavy atom. The first-order valence-corrected chi connectivity index (χ1v) is 9.29. The Hall–Kier alpha value is -2.06. The lowest BCUT2D eigenvalue weighted by atomic mass is 9.71. The van der Waals surface area contributed by atoms with Crippen molar-refractivity contribution in [1.29, 1.82) is 5.26 Å². The molecular formula is C21H30N2O3. The molecule has 1 saturated carbocycles. The lowest BCUT2D eigenvalue weighted by Gasteiger charge is -2.42. The maximum Gasteiger partial charge on any atom is 0.407 e. The first-order chi connectivity index (χ1) is 12.3. The molecule has 0 radical (unpaired) electrons. The van der Waals surface area contributed by atoms with E-state index in [4.69, 9.17) is 4.74 Å². The molecule has 5 nitrogen and oxygen atoms in total. The summed E-state index contributed by atoms with van der Waals surface area (Å²) < 4.78 is 5.85. The maximum absolute atomic E-state index is 11.6. The summed E-state index contributed by atoms with van der Waals surface area (Å²) in [5, 5.41) is 19.3. The smallest absolute Gasteiger partial charge is 0.407 e. The SMILES string of the molecule is CC(C)(C)N(C[C@]1(C#N)CC[C@@H](COCc2ccccc2)CC1)C(=O)O. The zero-order valence-corrected chi connectivity index (χ0v) is 16.1. The standard InChI is InChI=1S/C21H30N2O3/c1-20(2,3)23(19(24)25)16-21(15-22)11-9-18(10-12-21)14-26-13-17-7-5-4-6-8-17/h4-8,18H,9-14,16H2,1-3H3,(H,24,25)/t18-,21-. The summed E-state index contributed by atoms with van der Waals surface area (Å²) in [7, 11) is 0. The molecule has 0 aliphatic heterocycles. The highest BCUT2D eigenvalue weighted by atomic mass is 16.5. The third-order valence-electron chi connectivity index (χ3n) is 5.27. The predicted molar refractivity (Wildman–Crippen MR) is 101 cm³/mol. The molecule has 0 saturated heterocycles. The van der Waals surface area contributed by atoms with Gasteiger partial charge in [0.05, 0.1) is 18.1 Å². The predicted octanol–water partition coefficient (Wildman–Crippen LogP) is 4.68. The number of benzene rings is 1. The van der Waals surface area contributed by atoms with Gasteiger partial charge in [-0.1, -0.05) is 30.3 Å². The van der Waals surface area contributed by atoms with Crippen LogP contribution in [0.3, 0.4) is 0 Å². The highest BCUT2D eigenvalue weighted by Gasteiger charge is 2.41. The number of carboxylic acid groups (broad SMARTS) is 1. The second-order valence-electron chi connectivity index (χ2n) is 8.38. The zero-order chi connectivity index (χ0) is 19.2. The molecule has 0 heterocycles. The molecule has 0 spiro atoms. The van der Waals surface area contributed by atoms with Gasteiger partial charge in [-0.3, -0.25) is 0 Å². The third kappa shape index (κ3) is 5.47. The molecule has 2 rings (SSSR count). The molecule has 1 aliphatic carbocycles. The van der Waals surface area contributed by atoms with E-state index in [2.05, 4.69) is 18.2 Å². The zero-order valence-electron chi connectivity index (χ0n) is 16.1. The van der Waals surface area contributed by atoms with E-state index in [1.54, 1.807) is 0 Å². The van der Waals surface area contributed by atoms with E-state index in [0.29, 0.717) is 19.1 Å². The van der Waals surface area contributed by atoms with Crippen molar-refractivity contribution in [2.24, 2.45) is 11.3 Å². The molecule has 1 amide bonds. The van der Waals surface area contributed by atoms with Gasteiger partial charge in [-0.25, -0.2) is 4.79 Å². The average Bonchev–Trinajstić information content (AvgIpc) is 2.61. The first kappa shape index (κ1) is 20.3. The minimum atomic E-state index is -0.958. The highest BCUT2D eigenvalue weighted by Crippen LogP contribution is 2.40. The van der Waals surface area contributed by atoms with Crippen LogP contribution in [0.2, 0.25) is 0 Å². The minimum Gasteiger partial charge on any atom is -0.465 e. The van der Waals surface area contributed by atoms with Crippen molar-refractivity contribution in [3.8, 4) is 6.07 Å². The number of amides is 1. The molecule has 5 heteroatoms. The van der Waals surface area contributed by atoms with Crippen LogP contribution in [0.4, 0.5) is 4.79 Å². The summed E-state index contributed by atoms with van der Waals surface area (Å²) in [6.07, 6.45) is 2.30. The lowest BCUT2D eigenvalue weighted by Crippen LogP contribution is -2.51. The summed E-state index contributed by atoms with van der Waals surface area (Å²) in [6, 6.07) is 12.5. The highest BCUT2D eigenvalue weighted by molar-refractivity contribution is 5.66. The van der Waals surface area contributed by atoms with Gasteiger partial charge in [-0.05, 0) is 57.9 Å². The Kier molecular flexibility index (Phi) is 6.66. The Labute approximate surface area is 156 Å². The number of ether oxygens (including phenoxy) is 1. The average molecular weight is 358 g/mol. The molecule has 1 fully saturated rings. The monoisotopic (exact) mass is 358 g/mol. The van der Waals surface area contributed by atoms with Crippen molar-refractivity contribution in [1.82, 2.24) is 4.90 Å². The second-order valence-corrected chi connectivity index (χ2v) is 8.38. The molecule has 142 valence electrons. The molecule has 0 aromatic heterocycles. The van der Waals surface area contributed by atoms with E-state index in [9.17, 15) is 15.2 Å². The van der Waals surface area contributed by atoms with Crippen LogP contribution in [0.1, 0.15) is 52.0 Å². The Morgan fingerprint density at radius 1 is 1.31 bits per heavy atom. The number of rotatable bonds is 6. The summed E-state index contributed by atoms with van der Waals surface area (Å²) in [5.41, 5.74) is 0.0735. The van der Waals surface area contributed by atoms with Crippen LogP contribution >= 0.6 is 0 Å². The third-order valence-corrected chi connectivity index (χ3v) is 5.27. The molecule has 1 N–H and O–H groups in total. The Morgan fingerprint density at radius 3 is 2.42 bits per heavy atom. The van der Waals surface area contributed by atoms with E-state index >= 15 is 0 Å². The van der Waals surface area contributed by atoms with Crippen molar-refractivity contribution < 1.29 is 14.6 Å². The number of hydrogen-bond donors (Lipinski definition) is 1. The van der Waals surface area contributed by atoms with Gasteiger partial charge in [0.25, 0.3) is 0 Å². The van der Waals surface area contributed by atoms with E-state index < -0.39 is 17.0 Å². The van der Waals surface area contributed by atoms with Crippen LogP contribution in [-0.4, -0.2) is 34.8 Å². The Bertz CT molecular complexity index is 623. The van der Waals surface area contributed by atoms with Gasteiger partial charge in [-0.15, -0.1) is 0 Å². The molecule has 1 aromatic carbocycles. The number of hydrogen-bond acceptors (Lipinski definition) is 3. The largest absolute Gasteiger partial charge is 0.465 e. The number of carbonyl (C=O) groups is 1. The van der Waals surface area contributed by atoms with Gasteiger partial charge in [0.1, 0.15) is 0 Å². The molecule has 1 aliphatic rings. The first-order valence-electron chi connectivity index (χ1n) is 9.29. The van der Waals surface area contributed by atoms with E-state index in [-0.39, 0.29) is 6.54 Å². The van der Waals surface area contributed by atoms with Gasteiger partial charge in [0.2, 0.25) is 0 Å². The summed E-state index contributed by atoms with van der Waals surface area (Å²) in [6.45, 7) is 7.19. The minimum absolute atomic E-state index is 0.278. The van der Waals surface area contributed by atoms with Crippen molar-refractivity contribution in [2.75, 3.05) is 13.2 Å². The van der Waals surface area contributed by atoms with Crippen LogP contribution in [-0.2, 0) is 11.3 Å². The molecule has 0 atom stereocenters. The molecule has 0 unspecified atom stereocenters. The van der Waals surface area contributed by atoms with Gasteiger partial charge < -0.3 is 14.7 Å². The van der Waals surface area contributed by atoms with Crippen molar-refractivity contribution in [3.05, 3.63) is 35.9 Å². The summed E-state index contributed by atoms with van der Waals surface area (Å²) in [4.78, 5) is 13.0. The maximum atomic E-state index is 11.6. The fraction of sp³-hybridized carbons (Fsp3) is 0.619. The van der Waals surface area contributed by atoms with E-state index in [0.717, 1.165) is 31.2 Å². The van der Waals surface area contributed by atoms with Crippen LogP contribution in [0.15, 0.2) is 30.3 Å². The number of nitrogens with zero attached hydrogens (tertiary/aromatic N) is 2. The van der Waals surface area contributed by atoms with E-state index in [1.165, 1.54) is 4.90 Å². The fourth-order valence-corrected chi connectivity index (χ4v) is 3.51. The normalized spacial score (nSPS) is 23.2. The van der Waals surface area contributed by atoms with Crippen LogP contribution < -0.4 is 0 Å². The number of nitriles is 1. The van der Waals surface area contributed by atoms with E-state index in [1.807, 2.05) is 39.0 Å². The summed E-state index contributed by atoms with van der Waals surface area (Å²) >= 11 is 0. The van der Waals surface area contributed by atoms with Crippen molar-refractivity contribution >= 4 is 6.09 Å². The lowest BCUT2D eigenvalue weighted by molar-refractivity contribution is 0.0363. The second kappa shape index (κ2) is 8.55. The topological polar surface area (TPSA) is 73.6 Å². The van der Waals surface area contributed by atoms with Gasteiger partial charge in [-0.2, -0.15) is 5.26 Å². The Balaban J connectivity index is 1.86. The fourth-order valence-electron chi connectivity index (χ4n) is 3.51. The quantitative estimate of drug-likeness (QED) is 0.801. The van der Waals surface area contributed by atoms with Crippen LogP contribution in [0.25, 0.3) is 0 Å². The molecule has 26 heavy (non-hydrogen) atoms. The van der Waals surface area contributed by atoms with Gasteiger partial charge in [0.15, 0.2) is 0 Å². The summed E-state index contributed by atoms with van der Waals surface area (Å²) in [5.74, 6) is 0.438. The van der Waals surface area contributed by atoms with Gasteiger partial charge >= 0.3 is 6.09 Å². The molecule has 0 bridgehead atoms. The molecule has 1 aromatic rings. The van der Waals surface area contributed by atoms with Crippen LogP contribution in [0.5, 0.6) is 0 Å². The molecular weight excluding hydrogens is 328 g/mol.